The first kappa shape index (κ1) is 16.3. The van der Waals surface area contributed by atoms with Gasteiger partial charge >= 0.3 is 0 Å². The highest BCUT2D eigenvalue weighted by Crippen LogP contribution is 2.17. The summed E-state index contributed by atoms with van der Waals surface area (Å²) in [5.41, 5.74) is 2.55. The lowest BCUT2D eigenvalue weighted by Crippen LogP contribution is -2.29. The van der Waals surface area contributed by atoms with Gasteiger partial charge in [-0.2, -0.15) is 0 Å². The molecule has 2 heteroatoms. The van der Waals surface area contributed by atoms with Crippen molar-refractivity contribution in [3.63, 3.8) is 0 Å². The van der Waals surface area contributed by atoms with Crippen molar-refractivity contribution in [1.29, 1.82) is 0 Å². The molecule has 1 fully saturated rings. The fourth-order valence-corrected chi connectivity index (χ4v) is 2.93. The van der Waals surface area contributed by atoms with Gasteiger partial charge in [0.1, 0.15) is 5.82 Å². The van der Waals surface area contributed by atoms with Gasteiger partial charge in [-0.05, 0) is 42.5 Å². The van der Waals surface area contributed by atoms with Gasteiger partial charge in [0, 0.05) is 19.3 Å². The Kier molecular flexibility index (Phi) is 6.01. The summed E-state index contributed by atoms with van der Waals surface area (Å²) in [5, 5.41) is 0. The summed E-state index contributed by atoms with van der Waals surface area (Å²) in [6.07, 6.45) is 5.88. The molecule has 4 rings (SSSR count). The van der Waals surface area contributed by atoms with E-state index >= 15 is 0 Å². The molecule has 0 aliphatic carbocycles. The number of pyridine rings is 1. The van der Waals surface area contributed by atoms with E-state index in [1.54, 1.807) is 0 Å². The number of nitrogens with zero attached hydrogens (tertiary/aromatic N) is 2. The summed E-state index contributed by atoms with van der Waals surface area (Å²) >= 11 is 0. The molecule has 24 heavy (non-hydrogen) atoms. The average molecular weight is 316 g/mol. The summed E-state index contributed by atoms with van der Waals surface area (Å²) in [6, 6.07) is 26.9. The third-order valence-corrected chi connectivity index (χ3v) is 4.21. The molecule has 0 saturated carbocycles. The van der Waals surface area contributed by atoms with Crippen LogP contribution in [0.4, 0.5) is 5.82 Å². The van der Waals surface area contributed by atoms with Crippen molar-refractivity contribution in [2.45, 2.75) is 19.3 Å². The molecule has 0 N–H and O–H groups in total. The first-order valence-electron chi connectivity index (χ1n) is 8.70. The van der Waals surface area contributed by atoms with E-state index in [1.807, 2.05) is 24.4 Å². The zero-order chi connectivity index (χ0) is 16.5. The van der Waals surface area contributed by atoms with E-state index in [9.17, 15) is 0 Å². The SMILES string of the molecule is c1ccc(-c2ccccc2)cc1.c1ccc(N2CCCCC2)nc1. The lowest BCUT2D eigenvalue weighted by atomic mass is 10.1. The van der Waals surface area contributed by atoms with Crippen LogP contribution in [0.15, 0.2) is 85.1 Å². The molecular weight excluding hydrogens is 292 g/mol. The van der Waals surface area contributed by atoms with E-state index in [0.29, 0.717) is 0 Å². The van der Waals surface area contributed by atoms with Crippen molar-refractivity contribution >= 4 is 5.82 Å². The van der Waals surface area contributed by atoms with E-state index < -0.39 is 0 Å². The number of aromatic nitrogens is 1. The molecule has 1 aromatic heterocycles. The van der Waals surface area contributed by atoms with Gasteiger partial charge in [0.15, 0.2) is 0 Å². The number of rotatable bonds is 2. The molecule has 0 spiro atoms. The fourth-order valence-electron chi connectivity index (χ4n) is 2.93. The molecule has 0 unspecified atom stereocenters. The van der Waals surface area contributed by atoms with Crippen LogP contribution in [-0.2, 0) is 0 Å². The van der Waals surface area contributed by atoms with E-state index in [1.165, 1.54) is 43.5 Å². The Balaban J connectivity index is 0.000000141. The summed E-state index contributed by atoms with van der Waals surface area (Å²) in [6.45, 7) is 2.36. The normalized spacial score (nSPS) is 13.8. The summed E-state index contributed by atoms with van der Waals surface area (Å²) in [7, 11) is 0. The predicted molar refractivity (Wildman–Crippen MR) is 102 cm³/mol. The smallest absolute Gasteiger partial charge is 0.128 e. The number of benzene rings is 2. The molecule has 122 valence electrons. The van der Waals surface area contributed by atoms with Crippen molar-refractivity contribution in [2.24, 2.45) is 0 Å². The second-order valence-electron chi connectivity index (χ2n) is 5.97. The van der Waals surface area contributed by atoms with Gasteiger partial charge < -0.3 is 4.90 Å². The minimum absolute atomic E-state index is 1.14. The minimum atomic E-state index is 1.14. The second kappa shape index (κ2) is 8.88. The van der Waals surface area contributed by atoms with Crippen LogP contribution in [0.25, 0.3) is 11.1 Å². The second-order valence-corrected chi connectivity index (χ2v) is 5.97. The van der Waals surface area contributed by atoms with E-state index in [0.717, 1.165) is 5.82 Å². The summed E-state index contributed by atoms with van der Waals surface area (Å²) in [4.78, 5) is 6.69. The van der Waals surface area contributed by atoms with Crippen LogP contribution in [0.2, 0.25) is 0 Å². The van der Waals surface area contributed by atoms with Crippen LogP contribution < -0.4 is 4.90 Å². The van der Waals surface area contributed by atoms with E-state index in [4.69, 9.17) is 0 Å². The molecular formula is C22H24N2. The largest absolute Gasteiger partial charge is 0.357 e. The molecule has 2 aromatic carbocycles. The van der Waals surface area contributed by atoms with Crippen LogP contribution in [0.5, 0.6) is 0 Å². The third kappa shape index (κ3) is 4.69. The zero-order valence-corrected chi connectivity index (χ0v) is 14.0. The molecule has 2 nitrogen and oxygen atoms in total. The lowest BCUT2D eigenvalue weighted by molar-refractivity contribution is 0.573. The van der Waals surface area contributed by atoms with Crippen LogP contribution in [0.1, 0.15) is 19.3 Å². The third-order valence-electron chi connectivity index (χ3n) is 4.21. The van der Waals surface area contributed by atoms with Gasteiger partial charge in [-0.15, -0.1) is 0 Å². The van der Waals surface area contributed by atoms with Gasteiger partial charge in [-0.1, -0.05) is 66.7 Å². The Bertz CT molecular complexity index is 652. The first-order valence-corrected chi connectivity index (χ1v) is 8.70. The maximum atomic E-state index is 4.33. The molecule has 0 amide bonds. The van der Waals surface area contributed by atoms with Crippen LogP contribution in [0, 0.1) is 0 Å². The zero-order valence-electron chi connectivity index (χ0n) is 14.0. The average Bonchev–Trinajstić information content (AvgIpc) is 2.71. The standard InChI is InChI=1S/C12H10.C10H14N2/c1-3-7-11(8-4-1)12-9-5-2-6-10-12;1-4-8-12(9-5-1)10-6-2-3-7-11-10/h1-10H;2-3,6-7H,1,4-5,8-9H2. The lowest BCUT2D eigenvalue weighted by Gasteiger charge is -2.27. The first-order chi connectivity index (χ1) is 11.9. The van der Waals surface area contributed by atoms with E-state index in [-0.39, 0.29) is 0 Å². The molecule has 3 aromatic rings. The van der Waals surface area contributed by atoms with Crippen LogP contribution in [0.3, 0.4) is 0 Å². The maximum Gasteiger partial charge on any atom is 0.128 e. The van der Waals surface area contributed by atoms with Gasteiger partial charge in [0.2, 0.25) is 0 Å². The van der Waals surface area contributed by atoms with E-state index in [2.05, 4.69) is 70.5 Å². The van der Waals surface area contributed by atoms with Crippen molar-refractivity contribution in [2.75, 3.05) is 18.0 Å². The molecule has 1 saturated heterocycles. The van der Waals surface area contributed by atoms with Gasteiger partial charge in [-0.3, -0.25) is 0 Å². The number of hydrogen-bond acceptors (Lipinski definition) is 2. The van der Waals surface area contributed by atoms with Crippen molar-refractivity contribution < 1.29 is 0 Å². The highest BCUT2D eigenvalue weighted by molar-refractivity contribution is 5.62. The number of hydrogen-bond donors (Lipinski definition) is 0. The Labute approximate surface area is 144 Å². The Morgan fingerprint density at radius 2 is 1.12 bits per heavy atom. The molecule has 2 heterocycles. The molecule has 0 atom stereocenters. The van der Waals surface area contributed by atoms with Crippen molar-refractivity contribution in [1.82, 2.24) is 4.98 Å². The Morgan fingerprint density at radius 1 is 0.583 bits per heavy atom. The van der Waals surface area contributed by atoms with Crippen molar-refractivity contribution in [3.05, 3.63) is 85.1 Å². The predicted octanol–water partition coefficient (Wildman–Crippen LogP) is 5.43. The van der Waals surface area contributed by atoms with Crippen LogP contribution >= 0.6 is 0 Å². The minimum Gasteiger partial charge on any atom is -0.357 e. The maximum absolute atomic E-state index is 4.33. The van der Waals surface area contributed by atoms with Crippen LogP contribution in [-0.4, -0.2) is 18.1 Å². The molecule has 1 aliphatic heterocycles. The quantitative estimate of drug-likeness (QED) is 0.627. The molecule has 0 bridgehead atoms. The summed E-state index contributed by atoms with van der Waals surface area (Å²) < 4.78 is 0. The fraction of sp³-hybridized carbons (Fsp3) is 0.227. The number of anilines is 1. The van der Waals surface area contributed by atoms with Gasteiger partial charge in [-0.25, -0.2) is 4.98 Å². The monoisotopic (exact) mass is 316 g/mol. The molecule has 0 radical (unpaired) electrons. The number of piperidine rings is 1. The van der Waals surface area contributed by atoms with Gasteiger partial charge in [0.05, 0.1) is 0 Å². The summed E-state index contributed by atoms with van der Waals surface area (Å²) in [5.74, 6) is 1.14. The highest BCUT2D eigenvalue weighted by atomic mass is 15.2. The van der Waals surface area contributed by atoms with Crippen molar-refractivity contribution in [3.8, 4) is 11.1 Å². The highest BCUT2D eigenvalue weighted by Gasteiger charge is 2.10. The topological polar surface area (TPSA) is 16.1 Å². The Morgan fingerprint density at radius 3 is 1.62 bits per heavy atom. The van der Waals surface area contributed by atoms with Gasteiger partial charge in [0.25, 0.3) is 0 Å². The molecule has 1 aliphatic rings. The Hall–Kier alpha value is -2.61.